The van der Waals surface area contributed by atoms with Gasteiger partial charge in [-0.2, -0.15) is 0 Å². The van der Waals surface area contributed by atoms with Crippen LogP contribution in [-0.4, -0.2) is 51.9 Å². The summed E-state index contributed by atoms with van der Waals surface area (Å²) in [5, 5.41) is 0. The maximum Gasteiger partial charge on any atom is 0.222 e. The zero-order valence-electron chi connectivity index (χ0n) is 15.8. The van der Waals surface area contributed by atoms with E-state index in [1.165, 1.54) is 45.2 Å². The minimum Gasteiger partial charge on any atom is -0.336 e. The van der Waals surface area contributed by atoms with Crippen molar-refractivity contribution in [2.75, 3.05) is 26.2 Å². The quantitative estimate of drug-likeness (QED) is 0.744. The Labute approximate surface area is 151 Å². The van der Waals surface area contributed by atoms with Crippen LogP contribution >= 0.6 is 0 Å². The van der Waals surface area contributed by atoms with Crippen LogP contribution in [0.1, 0.15) is 63.3 Å². The molecule has 2 fully saturated rings. The standard InChI is InChI=1S/C20H32N4O/c1-3-4-5-10-23-11-6-8-20(15-23)9-7-19(25)24(16-20)14-18-13-21-17(2)12-22-18/h12-13H,3-11,14-16H2,1-2H3. The molecular formula is C20H32N4O. The van der Waals surface area contributed by atoms with Gasteiger partial charge in [0, 0.05) is 31.1 Å². The van der Waals surface area contributed by atoms with Crippen LogP contribution in [0.25, 0.3) is 0 Å². The number of likely N-dealkylation sites (tertiary alicyclic amines) is 2. The molecule has 2 aliphatic rings. The molecule has 1 aromatic heterocycles. The highest BCUT2D eigenvalue weighted by molar-refractivity contribution is 5.77. The Hall–Kier alpha value is -1.49. The summed E-state index contributed by atoms with van der Waals surface area (Å²) in [6, 6.07) is 0. The van der Waals surface area contributed by atoms with Crippen LogP contribution in [0.4, 0.5) is 0 Å². The van der Waals surface area contributed by atoms with Crippen molar-refractivity contribution in [3.05, 3.63) is 23.8 Å². The minimum atomic E-state index is 0.274. The third kappa shape index (κ3) is 4.78. The molecule has 5 heteroatoms. The Morgan fingerprint density at radius 3 is 2.80 bits per heavy atom. The summed E-state index contributed by atoms with van der Waals surface area (Å²) in [7, 11) is 0. The van der Waals surface area contributed by atoms with Crippen LogP contribution in [-0.2, 0) is 11.3 Å². The number of aryl methyl sites for hydroxylation is 1. The summed E-state index contributed by atoms with van der Waals surface area (Å²) in [4.78, 5) is 25.9. The van der Waals surface area contributed by atoms with Crippen LogP contribution in [0.15, 0.2) is 12.4 Å². The monoisotopic (exact) mass is 344 g/mol. The fourth-order valence-electron chi connectivity index (χ4n) is 4.36. The van der Waals surface area contributed by atoms with E-state index in [-0.39, 0.29) is 11.3 Å². The number of rotatable bonds is 6. The summed E-state index contributed by atoms with van der Waals surface area (Å²) < 4.78 is 0. The minimum absolute atomic E-state index is 0.274. The lowest BCUT2D eigenvalue weighted by Crippen LogP contribution is -2.53. The number of nitrogens with zero attached hydrogens (tertiary/aromatic N) is 4. The molecule has 3 heterocycles. The van der Waals surface area contributed by atoms with Gasteiger partial charge < -0.3 is 9.80 Å². The van der Waals surface area contributed by atoms with Crippen LogP contribution in [0, 0.1) is 12.3 Å². The fourth-order valence-corrected chi connectivity index (χ4v) is 4.36. The van der Waals surface area contributed by atoms with Crippen LogP contribution < -0.4 is 0 Å². The number of piperidine rings is 2. The maximum absolute atomic E-state index is 12.4. The first-order valence-corrected chi connectivity index (χ1v) is 9.88. The zero-order valence-corrected chi connectivity index (χ0v) is 15.8. The van der Waals surface area contributed by atoms with E-state index in [9.17, 15) is 4.79 Å². The number of amides is 1. The van der Waals surface area contributed by atoms with Crippen molar-refractivity contribution in [2.45, 2.75) is 65.3 Å². The van der Waals surface area contributed by atoms with Gasteiger partial charge in [0.2, 0.25) is 5.91 Å². The van der Waals surface area contributed by atoms with Gasteiger partial charge in [-0.25, -0.2) is 0 Å². The topological polar surface area (TPSA) is 49.3 Å². The maximum atomic E-state index is 12.4. The molecule has 25 heavy (non-hydrogen) atoms. The van der Waals surface area contributed by atoms with Gasteiger partial charge in [-0.15, -0.1) is 0 Å². The average Bonchev–Trinajstić information content (AvgIpc) is 2.61. The molecule has 0 aromatic carbocycles. The zero-order chi connectivity index (χ0) is 17.7. The second-order valence-corrected chi connectivity index (χ2v) is 7.99. The third-order valence-corrected chi connectivity index (χ3v) is 5.75. The lowest BCUT2D eigenvalue weighted by Gasteiger charge is -2.48. The molecule has 1 aromatic rings. The highest BCUT2D eigenvalue weighted by atomic mass is 16.2. The molecule has 0 radical (unpaired) electrons. The average molecular weight is 345 g/mol. The van der Waals surface area contributed by atoms with E-state index >= 15 is 0 Å². The summed E-state index contributed by atoms with van der Waals surface area (Å²) >= 11 is 0. The van der Waals surface area contributed by atoms with Gasteiger partial charge in [0.25, 0.3) is 0 Å². The predicted molar refractivity (Wildman–Crippen MR) is 99.1 cm³/mol. The molecule has 2 saturated heterocycles. The Bertz CT molecular complexity index is 574. The second-order valence-electron chi connectivity index (χ2n) is 7.99. The molecule has 2 aliphatic heterocycles. The first kappa shape index (κ1) is 18.3. The predicted octanol–water partition coefficient (Wildman–Crippen LogP) is 3.18. The first-order chi connectivity index (χ1) is 12.1. The van der Waals surface area contributed by atoms with Gasteiger partial charge >= 0.3 is 0 Å². The Morgan fingerprint density at radius 2 is 2.04 bits per heavy atom. The molecule has 1 amide bonds. The summed E-state index contributed by atoms with van der Waals surface area (Å²) in [5.74, 6) is 0.274. The largest absolute Gasteiger partial charge is 0.336 e. The van der Waals surface area contributed by atoms with Crippen molar-refractivity contribution in [1.29, 1.82) is 0 Å². The SMILES string of the molecule is CCCCCN1CCCC2(CCC(=O)N(Cc3cnc(C)cn3)C2)C1. The molecule has 0 aliphatic carbocycles. The van der Waals surface area contributed by atoms with E-state index in [0.717, 1.165) is 30.9 Å². The van der Waals surface area contributed by atoms with Crippen molar-refractivity contribution >= 4 is 5.91 Å². The fraction of sp³-hybridized carbons (Fsp3) is 0.750. The van der Waals surface area contributed by atoms with E-state index in [4.69, 9.17) is 0 Å². The lowest BCUT2D eigenvalue weighted by atomic mass is 9.73. The summed E-state index contributed by atoms with van der Waals surface area (Å²) in [5.41, 5.74) is 2.10. The van der Waals surface area contributed by atoms with E-state index < -0.39 is 0 Å². The van der Waals surface area contributed by atoms with E-state index in [1.54, 1.807) is 6.20 Å². The Morgan fingerprint density at radius 1 is 1.16 bits per heavy atom. The van der Waals surface area contributed by atoms with E-state index in [2.05, 4.69) is 21.8 Å². The van der Waals surface area contributed by atoms with Crippen molar-refractivity contribution in [2.24, 2.45) is 5.41 Å². The third-order valence-electron chi connectivity index (χ3n) is 5.75. The molecule has 0 bridgehead atoms. The van der Waals surface area contributed by atoms with Crippen molar-refractivity contribution in [1.82, 2.24) is 19.8 Å². The number of hydrogen-bond acceptors (Lipinski definition) is 4. The second kappa shape index (κ2) is 8.26. The molecule has 3 rings (SSSR count). The molecule has 1 atom stereocenters. The van der Waals surface area contributed by atoms with Crippen LogP contribution in [0.3, 0.4) is 0 Å². The first-order valence-electron chi connectivity index (χ1n) is 9.88. The summed E-state index contributed by atoms with van der Waals surface area (Å²) in [6.45, 7) is 9.27. The number of carbonyl (C=O) groups excluding carboxylic acids is 1. The van der Waals surface area contributed by atoms with Crippen molar-refractivity contribution < 1.29 is 4.79 Å². The Kier molecular flexibility index (Phi) is 6.05. The number of hydrogen-bond donors (Lipinski definition) is 0. The van der Waals surface area contributed by atoms with Gasteiger partial charge in [0.15, 0.2) is 0 Å². The molecule has 1 unspecified atom stereocenters. The number of unbranched alkanes of at least 4 members (excludes halogenated alkanes) is 2. The van der Waals surface area contributed by atoms with Gasteiger partial charge in [-0.05, 0) is 45.7 Å². The van der Waals surface area contributed by atoms with E-state index in [1.807, 2.05) is 18.0 Å². The highest BCUT2D eigenvalue weighted by Gasteiger charge is 2.41. The van der Waals surface area contributed by atoms with Gasteiger partial charge in [0.1, 0.15) is 0 Å². The molecule has 0 N–H and O–H groups in total. The molecule has 0 saturated carbocycles. The molecule has 138 valence electrons. The van der Waals surface area contributed by atoms with Gasteiger partial charge in [-0.1, -0.05) is 19.8 Å². The lowest BCUT2D eigenvalue weighted by molar-refractivity contribution is -0.140. The van der Waals surface area contributed by atoms with E-state index in [0.29, 0.717) is 13.0 Å². The number of carbonyl (C=O) groups is 1. The van der Waals surface area contributed by atoms with Crippen LogP contribution in [0.5, 0.6) is 0 Å². The normalized spacial score (nSPS) is 24.9. The highest BCUT2D eigenvalue weighted by Crippen LogP contribution is 2.39. The number of aromatic nitrogens is 2. The van der Waals surface area contributed by atoms with Crippen molar-refractivity contribution in [3.63, 3.8) is 0 Å². The molecule has 1 spiro atoms. The van der Waals surface area contributed by atoms with Crippen LogP contribution in [0.2, 0.25) is 0 Å². The summed E-state index contributed by atoms with van der Waals surface area (Å²) in [6.07, 6.45) is 11.7. The van der Waals surface area contributed by atoms with Crippen molar-refractivity contribution in [3.8, 4) is 0 Å². The van der Waals surface area contributed by atoms with Gasteiger partial charge in [0.05, 0.1) is 24.1 Å². The molecular weight excluding hydrogens is 312 g/mol. The molecule has 5 nitrogen and oxygen atoms in total. The Balaban J connectivity index is 1.62. The smallest absolute Gasteiger partial charge is 0.222 e. The van der Waals surface area contributed by atoms with Gasteiger partial charge in [-0.3, -0.25) is 14.8 Å².